The number of nitrogens with zero attached hydrogens (tertiary/aromatic N) is 2. The fourth-order valence-electron chi connectivity index (χ4n) is 4.34. The number of imide groups is 1. The van der Waals surface area contributed by atoms with Gasteiger partial charge in [0, 0.05) is 10.0 Å². The number of carbonyl (C=O) groups excluding carboxylic acids is 2. The lowest BCUT2D eigenvalue weighted by Crippen LogP contribution is -2.37. The number of aryl methyl sites for hydroxylation is 1. The van der Waals surface area contributed by atoms with Crippen molar-refractivity contribution in [2.45, 2.75) is 19.1 Å². The normalized spacial score (nSPS) is 22.8. The Morgan fingerprint density at radius 2 is 1.65 bits per heavy atom. The maximum atomic E-state index is 13.6. The number of anilines is 2. The number of phenolic OH excluding ortho intramolecular Hbond substituents is 1. The molecule has 0 aromatic heterocycles. The molecule has 31 heavy (non-hydrogen) atoms. The van der Waals surface area contributed by atoms with E-state index in [-0.39, 0.29) is 11.7 Å². The number of hydrogen-bond acceptors (Lipinski definition) is 5. The van der Waals surface area contributed by atoms with Gasteiger partial charge in [0.15, 0.2) is 6.10 Å². The predicted molar refractivity (Wildman–Crippen MR) is 120 cm³/mol. The molecule has 3 atom stereocenters. The van der Waals surface area contributed by atoms with E-state index in [1.165, 1.54) is 4.90 Å². The number of amides is 2. The van der Waals surface area contributed by atoms with Crippen molar-refractivity contribution in [3.8, 4) is 5.75 Å². The van der Waals surface area contributed by atoms with Gasteiger partial charge in [0.2, 0.25) is 5.91 Å². The molecule has 2 amide bonds. The van der Waals surface area contributed by atoms with Gasteiger partial charge < -0.3 is 5.11 Å². The summed E-state index contributed by atoms with van der Waals surface area (Å²) in [6.07, 6.45) is -0.976. The van der Waals surface area contributed by atoms with Gasteiger partial charge in [0.05, 0.1) is 17.4 Å². The number of rotatable bonds is 3. The van der Waals surface area contributed by atoms with Crippen LogP contribution in [-0.2, 0) is 14.4 Å². The average Bonchev–Trinajstić information content (AvgIpc) is 3.27. The first-order chi connectivity index (χ1) is 15.0. The predicted octanol–water partition coefficient (Wildman–Crippen LogP) is 4.51. The average molecular weight is 479 g/mol. The van der Waals surface area contributed by atoms with E-state index in [0.717, 1.165) is 10.0 Å². The SMILES string of the molecule is Cc1ccccc1N1C(=O)[C@@H]2[C@H](ON(c3ccccc3)[C@@H]2c2cc(Br)ccc2O)C1=O. The zero-order valence-electron chi connectivity index (χ0n) is 16.6. The molecule has 0 radical (unpaired) electrons. The highest BCUT2D eigenvalue weighted by molar-refractivity contribution is 9.10. The van der Waals surface area contributed by atoms with Gasteiger partial charge in [0.1, 0.15) is 11.7 Å². The molecule has 2 heterocycles. The van der Waals surface area contributed by atoms with E-state index in [9.17, 15) is 14.7 Å². The van der Waals surface area contributed by atoms with E-state index in [4.69, 9.17) is 4.84 Å². The number of hydrogen-bond donors (Lipinski definition) is 1. The number of aromatic hydroxyl groups is 1. The minimum atomic E-state index is -0.976. The summed E-state index contributed by atoms with van der Waals surface area (Å²) in [5, 5.41) is 12.2. The Bertz CT molecular complexity index is 1180. The zero-order valence-corrected chi connectivity index (χ0v) is 18.2. The standard InChI is InChI=1S/C24H19BrN2O4/c1-14-7-5-6-10-18(14)26-23(29)20-21(17-13-15(25)11-12-19(17)28)27(31-22(20)24(26)30)16-8-3-2-4-9-16/h2-13,20-22,28H,1H3/t20-,21+,22-/m0/s1. The monoisotopic (exact) mass is 478 g/mol. The molecule has 0 spiro atoms. The Kier molecular flexibility index (Phi) is 4.79. The maximum Gasteiger partial charge on any atom is 0.266 e. The van der Waals surface area contributed by atoms with Gasteiger partial charge in [0.25, 0.3) is 5.91 Å². The van der Waals surface area contributed by atoms with Gasteiger partial charge in [-0.1, -0.05) is 52.3 Å². The van der Waals surface area contributed by atoms with Crippen LogP contribution in [0.5, 0.6) is 5.75 Å². The number of halogens is 1. The van der Waals surface area contributed by atoms with E-state index in [1.54, 1.807) is 35.4 Å². The zero-order chi connectivity index (χ0) is 21.7. The van der Waals surface area contributed by atoms with Crippen molar-refractivity contribution in [2.75, 3.05) is 9.96 Å². The molecule has 2 saturated heterocycles. The number of fused-ring (bicyclic) bond motifs is 1. The van der Waals surface area contributed by atoms with Crippen LogP contribution in [0.2, 0.25) is 0 Å². The molecule has 2 aliphatic heterocycles. The molecule has 2 fully saturated rings. The lowest BCUT2D eigenvalue weighted by Gasteiger charge is -2.29. The summed E-state index contributed by atoms with van der Waals surface area (Å²) in [7, 11) is 0. The highest BCUT2D eigenvalue weighted by Crippen LogP contribution is 2.49. The largest absolute Gasteiger partial charge is 0.508 e. The van der Waals surface area contributed by atoms with Crippen molar-refractivity contribution in [3.63, 3.8) is 0 Å². The topological polar surface area (TPSA) is 70.1 Å². The van der Waals surface area contributed by atoms with Gasteiger partial charge in [-0.3, -0.25) is 14.4 Å². The third-order valence-electron chi connectivity index (χ3n) is 5.79. The first-order valence-electron chi connectivity index (χ1n) is 9.90. The molecule has 0 bridgehead atoms. The van der Waals surface area contributed by atoms with E-state index in [1.807, 2.05) is 49.4 Å². The minimum Gasteiger partial charge on any atom is -0.508 e. The molecule has 7 heteroatoms. The number of carbonyl (C=O) groups is 2. The lowest BCUT2D eigenvalue weighted by atomic mass is 9.90. The van der Waals surface area contributed by atoms with Crippen LogP contribution in [0.1, 0.15) is 17.2 Å². The molecule has 5 rings (SSSR count). The molecule has 1 N–H and O–H groups in total. The van der Waals surface area contributed by atoms with Crippen LogP contribution in [-0.4, -0.2) is 23.0 Å². The summed E-state index contributed by atoms with van der Waals surface area (Å²) in [5.41, 5.74) is 2.59. The van der Waals surface area contributed by atoms with Gasteiger partial charge in [-0.2, -0.15) is 0 Å². The molecule has 3 aromatic rings. The fourth-order valence-corrected chi connectivity index (χ4v) is 4.72. The molecule has 0 unspecified atom stereocenters. The van der Waals surface area contributed by atoms with E-state index in [2.05, 4.69) is 15.9 Å². The van der Waals surface area contributed by atoms with Gasteiger partial charge >= 0.3 is 0 Å². The van der Waals surface area contributed by atoms with Crippen molar-refractivity contribution in [1.82, 2.24) is 0 Å². The third kappa shape index (κ3) is 3.12. The smallest absolute Gasteiger partial charge is 0.266 e. The number of benzene rings is 3. The highest BCUT2D eigenvalue weighted by atomic mass is 79.9. The number of hydroxylamine groups is 1. The van der Waals surface area contributed by atoms with Crippen molar-refractivity contribution in [3.05, 3.63) is 88.4 Å². The van der Waals surface area contributed by atoms with Crippen LogP contribution in [0.15, 0.2) is 77.3 Å². The van der Waals surface area contributed by atoms with Crippen molar-refractivity contribution >= 4 is 39.1 Å². The third-order valence-corrected chi connectivity index (χ3v) is 6.28. The molecule has 2 aliphatic rings. The quantitative estimate of drug-likeness (QED) is 0.560. The second-order valence-corrected chi connectivity index (χ2v) is 8.58. The molecule has 0 saturated carbocycles. The van der Waals surface area contributed by atoms with E-state index < -0.39 is 24.0 Å². The number of phenols is 1. The van der Waals surface area contributed by atoms with Crippen LogP contribution in [0, 0.1) is 12.8 Å². The van der Waals surface area contributed by atoms with Gasteiger partial charge in [-0.25, -0.2) is 9.96 Å². The Hall–Kier alpha value is -3.16. The highest BCUT2D eigenvalue weighted by Gasteiger charge is 2.60. The van der Waals surface area contributed by atoms with Gasteiger partial charge in [-0.05, 0) is 48.9 Å². The molecule has 3 aromatic carbocycles. The summed E-state index contributed by atoms with van der Waals surface area (Å²) < 4.78 is 0.754. The maximum absolute atomic E-state index is 13.6. The van der Waals surface area contributed by atoms with Crippen LogP contribution in [0.25, 0.3) is 0 Å². The summed E-state index contributed by atoms with van der Waals surface area (Å²) in [6.45, 7) is 1.86. The molecular weight excluding hydrogens is 460 g/mol. The second kappa shape index (κ2) is 7.51. The first kappa shape index (κ1) is 19.8. The Balaban J connectivity index is 1.64. The van der Waals surface area contributed by atoms with Crippen LogP contribution in [0.4, 0.5) is 11.4 Å². The summed E-state index contributed by atoms with van der Waals surface area (Å²) in [4.78, 5) is 34.3. The minimum absolute atomic E-state index is 0.0352. The Morgan fingerprint density at radius 3 is 2.39 bits per heavy atom. The van der Waals surface area contributed by atoms with Crippen LogP contribution >= 0.6 is 15.9 Å². The summed E-state index contributed by atoms with van der Waals surface area (Å²) in [5.74, 6) is -1.50. The molecule has 6 nitrogen and oxygen atoms in total. The van der Waals surface area contributed by atoms with E-state index >= 15 is 0 Å². The molecule has 156 valence electrons. The van der Waals surface area contributed by atoms with Gasteiger partial charge in [-0.15, -0.1) is 0 Å². The number of para-hydroxylation sites is 2. The fraction of sp³-hybridized carbons (Fsp3) is 0.167. The van der Waals surface area contributed by atoms with Crippen molar-refractivity contribution in [1.29, 1.82) is 0 Å². The van der Waals surface area contributed by atoms with E-state index in [0.29, 0.717) is 16.9 Å². The van der Waals surface area contributed by atoms with Crippen molar-refractivity contribution < 1.29 is 19.5 Å². The molecular formula is C24H19BrN2O4. The summed E-state index contributed by atoms with van der Waals surface area (Å²) in [6, 6.07) is 20.9. The first-order valence-corrected chi connectivity index (χ1v) is 10.7. The van der Waals surface area contributed by atoms with Crippen molar-refractivity contribution in [2.24, 2.45) is 5.92 Å². The Labute approximate surface area is 187 Å². The lowest BCUT2D eigenvalue weighted by molar-refractivity contribution is -0.126. The van der Waals surface area contributed by atoms with Crippen LogP contribution in [0.3, 0.4) is 0 Å². The Morgan fingerprint density at radius 1 is 0.935 bits per heavy atom. The van der Waals surface area contributed by atoms with Crippen LogP contribution < -0.4 is 9.96 Å². The summed E-state index contributed by atoms with van der Waals surface area (Å²) >= 11 is 3.44. The second-order valence-electron chi connectivity index (χ2n) is 7.66. The molecule has 0 aliphatic carbocycles.